The number of rotatable bonds is 4. The molecule has 0 rings (SSSR count). The quantitative estimate of drug-likeness (QED) is 0.554. The maximum absolute atomic E-state index is 12.5. The van der Waals surface area contributed by atoms with Gasteiger partial charge in [-0.15, -0.1) is 0 Å². The van der Waals surface area contributed by atoms with Crippen molar-refractivity contribution in [3.8, 4) is 0 Å². The summed E-state index contributed by atoms with van der Waals surface area (Å²) in [7, 11) is 0. The normalized spacial score (nSPS) is 16.5. The first-order chi connectivity index (χ1) is 8.25. The zero-order chi connectivity index (χ0) is 17.0. The van der Waals surface area contributed by atoms with Crippen LogP contribution in [0.1, 0.15) is 0 Å². The van der Waals surface area contributed by atoms with Gasteiger partial charge in [0.1, 0.15) is 0 Å². The first-order valence-corrected chi connectivity index (χ1v) is 4.38. The Kier molecular flexibility index (Phi) is 4.34. The van der Waals surface area contributed by atoms with Crippen LogP contribution in [0.25, 0.3) is 0 Å². The van der Waals surface area contributed by atoms with Crippen molar-refractivity contribution in [1.29, 1.82) is 0 Å². The van der Waals surface area contributed by atoms with E-state index in [2.05, 4.69) is 0 Å². The van der Waals surface area contributed by atoms with Gasteiger partial charge >= 0.3 is 35.1 Å². The Hall–Kier alpha value is -0.560. The van der Waals surface area contributed by atoms with Crippen molar-refractivity contribution in [2.75, 3.05) is 0 Å². The smallest absolute Gasteiger partial charge is 0.192 e. The molecule has 0 aliphatic rings. The number of halogens is 13. The van der Waals surface area contributed by atoms with E-state index in [4.69, 9.17) is 0 Å². The average molecular weight is 352 g/mol. The van der Waals surface area contributed by atoms with Gasteiger partial charge in [0.05, 0.1) is 0 Å². The van der Waals surface area contributed by atoms with Gasteiger partial charge in [0, 0.05) is 0 Å². The zero-order valence-electron chi connectivity index (χ0n) is 8.36. The zero-order valence-corrected chi connectivity index (χ0v) is 9.26. The minimum Gasteiger partial charge on any atom is -0.192 e. The summed E-state index contributed by atoms with van der Waals surface area (Å²) in [6, 6.07) is 0. The molecular weight excluding hydrogens is 351 g/mol. The standard InChI is InChI=1S/C6HF13S/c7-1(8,3(11,12)5(15,16)17)2(9,10)4(13,14)6(18,19)20/h20H. The van der Waals surface area contributed by atoms with Crippen molar-refractivity contribution >= 4 is 12.6 Å². The SMILES string of the molecule is FC(F)(F)C(F)(F)C(F)(F)C(F)(F)C(F)(F)C(F)(F)S. The lowest BCUT2D eigenvalue weighted by Gasteiger charge is -2.38. The monoisotopic (exact) mass is 352 g/mol. The second-order valence-corrected chi connectivity index (χ2v) is 3.90. The van der Waals surface area contributed by atoms with E-state index in [0.717, 1.165) is 0 Å². The Balaban J connectivity index is 6.08. The number of hydrogen-bond acceptors (Lipinski definition) is 1. The van der Waals surface area contributed by atoms with Crippen LogP contribution >= 0.6 is 12.6 Å². The highest BCUT2D eigenvalue weighted by Crippen LogP contribution is 2.60. The highest BCUT2D eigenvalue weighted by molar-refractivity contribution is 7.81. The number of thiol groups is 1. The second-order valence-electron chi connectivity index (χ2n) is 3.34. The fourth-order valence-corrected chi connectivity index (χ4v) is 0.902. The predicted molar refractivity (Wildman–Crippen MR) is 39.8 cm³/mol. The molecular formula is C6HF13S. The molecule has 0 aromatic heterocycles. The minimum atomic E-state index is -7.85. The first-order valence-electron chi connectivity index (χ1n) is 3.93. The molecule has 0 bridgehead atoms. The van der Waals surface area contributed by atoms with Crippen molar-refractivity contribution in [3.05, 3.63) is 0 Å². The van der Waals surface area contributed by atoms with Crippen LogP contribution in [0, 0.1) is 0 Å². The highest BCUT2D eigenvalue weighted by Gasteiger charge is 2.90. The maximum Gasteiger partial charge on any atom is 0.460 e. The molecule has 0 aromatic rings. The molecule has 0 aliphatic carbocycles. The molecule has 14 heteroatoms. The van der Waals surface area contributed by atoms with Crippen molar-refractivity contribution in [2.45, 2.75) is 35.1 Å². The lowest BCUT2D eigenvalue weighted by atomic mass is 9.98. The van der Waals surface area contributed by atoms with E-state index < -0.39 is 35.1 Å². The Labute approximate surface area is 106 Å². The van der Waals surface area contributed by atoms with Crippen LogP contribution < -0.4 is 0 Å². The van der Waals surface area contributed by atoms with Crippen molar-refractivity contribution in [1.82, 2.24) is 0 Å². The highest BCUT2D eigenvalue weighted by atomic mass is 32.1. The van der Waals surface area contributed by atoms with Gasteiger partial charge in [-0.05, 0) is 0 Å². The molecule has 0 N–H and O–H groups in total. The fourth-order valence-electron chi connectivity index (χ4n) is 0.761. The molecule has 0 saturated carbocycles. The number of hydrogen-bond donors (Lipinski definition) is 1. The predicted octanol–water partition coefficient (Wildman–Crippen LogP) is 4.61. The summed E-state index contributed by atoms with van der Waals surface area (Å²) in [6.45, 7) is 0. The Morgan fingerprint density at radius 2 is 0.650 bits per heavy atom. The van der Waals surface area contributed by atoms with Crippen molar-refractivity contribution in [3.63, 3.8) is 0 Å². The van der Waals surface area contributed by atoms with Gasteiger partial charge in [-0.3, -0.25) is 0 Å². The molecule has 0 aliphatic heterocycles. The third-order valence-corrected chi connectivity index (χ3v) is 2.20. The van der Waals surface area contributed by atoms with Gasteiger partial charge in [0.25, 0.3) is 0 Å². The largest absolute Gasteiger partial charge is 0.460 e. The Bertz CT molecular complexity index is 324. The lowest BCUT2D eigenvalue weighted by Crippen LogP contribution is -2.69. The van der Waals surface area contributed by atoms with Crippen LogP contribution in [-0.2, 0) is 0 Å². The first kappa shape index (κ1) is 19.4. The molecule has 0 saturated heterocycles. The van der Waals surface area contributed by atoms with Gasteiger partial charge in [0.2, 0.25) is 0 Å². The molecule has 0 nitrogen and oxygen atoms in total. The van der Waals surface area contributed by atoms with Crippen LogP contribution in [0.2, 0.25) is 0 Å². The summed E-state index contributed by atoms with van der Waals surface area (Å²) in [5, 5.41) is -6.29. The van der Waals surface area contributed by atoms with Gasteiger partial charge in [0.15, 0.2) is 0 Å². The lowest BCUT2D eigenvalue weighted by molar-refractivity contribution is -0.432. The van der Waals surface area contributed by atoms with Gasteiger partial charge in [-0.25, -0.2) is 0 Å². The summed E-state index contributed by atoms with van der Waals surface area (Å²) >= 11 is 1.51. The molecule has 122 valence electrons. The molecule has 0 aromatic carbocycles. The van der Waals surface area contributed by atoms with Crippen LogP contribution in [0.15, 0.2) is 0 Å². The summed E-state index contributed by atoms with van der Waals surface area (Å²) in [6.07, 6.45) is -7.39. The van der Waals surface area contributed by atoms with Crippen LogP contribution in [-0.4, -0.2) is 35.1 Å². The topological polar surface area (TPSA) is 0 Å². The summed E-state index contributed by atoms with van der Waals surface area (Å²) in [5.41, 5.74) is 0. The van der Waals surface area contributed by atoms with Crippen LogP contribution in [0.5, 0.6) is 0 Å². The van der Waals surface area contributed by atoms with E-state index in [9.17, 15) is 57.1 Å². The third-order valence-electron chi connectivity index (χ3n) is 1.92. The van der Waals surface area contributed by atoms with E-state index in [1.807, 2.05) is 0 Å². The third kappa shape index (κ3) is 2.39. The van der Waals surface area contributed by atoms with Gasteiger partial charge < -0.3 is 0 Å². The molecule has 0 heterocycles. The van der Waals surface area contributed by atoms with Crippen molar-refractivity contribution in [2.24, 2.45) is 0 Å². The van der Waals surface area contributed by atoms with Crippen LogP contribution in [0.4, 0.5) is 57.1 Å². The van der Waals surface area contributed by atoms with E-state index in [1.165, 1.54) is 12.6 Å². The number of alkyl halides is 13. The van der Waals surface area contributed by atoms with Crippen LogP contribution in [0.3, 0.4) is 0 Å². The average Bonchev–Trinajstić information content (AvgIpc) is 2.12. The van der Waals surface area contributed by atoms with Gasteiger partial charge in [-0.2, -0.15) is 57.1 Å². The summed E-state index contributed by atoms with van der Waals surface area (Å²) < 4.78 is 157. The fraction of sp³-hybridized carbons (Fsp3) is 1.00. The van der Waals surface area contributed by atoms with E-state index in [0.29, 0.717) is 0 Å². The van der Waals surface area contributed by atoms with E-state index in [1.54, 1.807) is 0 Å². The molecule has 0 unspecified atom stereocenters. The molecule has 0 atom stereocenters. The van der Waals surface area contributed by atoms with Gasteiger partial charge in [-0.1, -0.05) is 12.6 Å². The van der Waals surface area contributed by atoms with Crippen molar-refractivity contribution < 1.29 is 57.1 Å². The summed E-state index contributed by atoms with van der Waals surface area (Å²) in [5.74, 6) is -30.6. The maximum atomic E-state index is 12.5. The van der Waals surface area contributed by atoms with E-state index in [-0.39, 0.29) is 0 Å². The minimum absolute atomic E-state index is 1.51. The van der Waals surface area contributed by atoms with E-state index >= 15 is 0 Å². The molecule has 20 heavy (non-hydrogen) atoms. The molecule has 0 radical (unpaired) electrons. The molecule has 0 fully saturated rings. The Morgan fingerprint density at radius 1 is 0.400 bits per heavy atom. The molecule has 0 spiro atoms. The Morgan fingerprint density at radius 3 is 0.850 bits per heavy atom. The molecule has 0 amide bonds. The summed E-state index contributed by atoms with van der Waals surface area (Å²) in [4.78, 5) is 0. The second kappa shape index (κ2) is 4.47.